The Hall–Kier alpha value is -2.80. The number of benzene rings is 2. The molecule has 1 aromatic heterocycles. The first-order valence-electron chi connectivity index (χ1n) is 9.89. The van der Waals surface area contributed by atoms with Crippen molar-refractivity contribution in [1.29, 1.82) is 0 Å². The number of aromatic nitrogens is 1. The number of ether oxygens (including phenoxy) is 1. The minimum Gasteiger partial charge on any atom is -0.507 e. The number of anilines is 3. The number of morpholine rings is 1. The monoisotopic (exact) mass is 424 g/mol. The van der Waals surface area contributed by atoms with Crippen LogP contribution in [-0.2, 0) is 11.3 Å². The van der Waals surface area contributed by atoms with E-state index in [2.05, 4.69) is 9.88 Å². The van der Waals surface area contributed by atoms with Crippen LogP contribution in [0.4, 0.5) is 17.2 Å². The summed E-state index contributed by atoms with van der Waals surface area (Å²) in [6.07, 6.45) is 0. The minimum atomic E-state index is 0.163. The number of nitrogens with two attached hydrogens (primary N) is 1. The largest absolute Gasteiger partial charge is 0.507 e. The van der Waals surface area contributed by atoms with Crippen molar-refractivity contribution in [1.82, 2.24) is 9.88 Å². The predicted molar refractivity (Wildman–Crippen MR) is 121 cm³/mol. The van der Waals surface area contributed by atoms with E-state index >= 15 is 0 Å². The number of nitrogens with zero attached hydrogens (tertiary/aromatic N) is 3. The average Bonchev–Trinajstić information content (AvgIpc) is 2.76. The number of hydrogen-bond donors (Lipinski definition) is 2. The molecule has 0 spiro atoms. The van der Waals surface area contributed by atoms with E-state index in [1.807, 2.05) is 60.5 Å². The number of pyridine rings is 1. The molecule has 1 aliphatic heterocycles. The Labute approximate surface area is 181 Å². The van der Waals surface area contributed by atoms with E-state index in [0.717, 1.165) is 49.8 Å². The Morgan fingerprint density at radius 1 is 1.07 bits per heavy atom. The molecule has 0 bridgehead atoms. The number of nitrogen functional groups attached to an aromatic ring is 1. The number of phenolic OH excluding ortho intramolecular Hbond substituents is 1. The van der Waals surface area contributed by atoms with Crippen molar-refractivity contribution in [2.75, 3.05) is 44.0 Å². The molecule has 30 heavy (non-hydrogen) atoms. The van der Waals surface area contributed by atoms with Gasteiger partial charge < -0.3 is 20.5 Å². The van der Waals surface area contributed by atoms with E-state index in [0.29, 0.717) is 22.1 Å². The number of hydrogen-bond acceptors (Lipinski definition) is 6. The highest BCUT2D eigenvalue weighted by Crippen LogP contribution is 2.35. The van der Waals surface area contributed by atoms with Crippen LogP contribution >= 0.6 is 11.6 Å². The molecule has 1 aliphatic rings. The third kappa shape index (κ3) is 4.51. The molecule has 0 aliphatic carbocycles. The van der Waals surface area contributed by atoms with Crippen molar-refractivity contribution >= 4 is 28.8 Å². The lowest BCUT2D eigenvalue weighted by Crippen LogP contribution is -2.35. The first kappa shape index (κ1) is 20.5. The molecule has 0 amide bonds. The second-order valence-corrected chi connectivity index (χ2v) is 7.80. The normalized spacial score (nSPS) is 14.6. The van der Waals surface area contributed by atoms with E-state index < -0.39 is 0 Å². The van der Waals surface area contributed by atoms with E-state index in [4.69, 9.17) is 22.1 Å². The van der Waals surface area contributed by atoms with Gasteiger partial charge in [0.2, 0.25) is 0 Å². The third-order valence-electron chi connectivity index (χ3n) is 5.37. The lowest BCUT2D eigenvalue weighted by atomic mass is 10.1. The van der Waals surface area contributed by atoms with Crippen molar-refractivity contribution in [3.05, 3.63) is 65.2 Å². The highest BCUT2D eigenvalue weighted by Gasteiger charge is 2.15. The molecule has 7 heteroatoms. The van der Waals surface area contributed by atoms with Crippen LogP contribution in [0, 0.1) is 0 Å². The molecular formula is C23H25ClN4O2. The van der Waals surface area contributed by atoms with Crippen molar-refractivity contribution in [3.63, 3.8) is 0 Å². The van der Waals surface area contributed by atoms with Gasteiger partial charge in [0.25, 0.3) is 0 Å². The molecular weight excluding hydrogens is 400 g/mol. The molecule has 0 atom stereocenters. The van der Waals surface area contributed by atoms with Gasteiger partial charge in [-0.3, -0.25) is 4.90 Å². The van der Waals surface area contributed by atoms with Crippen LogP contribution in [0.25, 0.3) is 11.3 Å². The summed E-state index contributed by atoms with van der Waals surface area (Å²) in [5, 5.41) is 11.1. The van der Waals surface area contributed by atoms with Crippen LogP contribution in [0.2, 0.25) is 5.02 Å². The van der Waals surface area contributed by atoms with Gasteiger partial charge in [-0.25, -0.2) is 4.98 Å². The quantitative estimate of drug-likeness (QED) is 0.636. The SMILES string of the molecule is CN(c1ccc(Cl)cc1)c1ccc(O)c(-c2ccc(CN3CCOCC3)c(N)n2)c1. The van der Waals surface area contributed by atoms with Gasteiger partial charge in [-0.1, -0.05) is 17.7 Å². The van der Waals surface area contributed by atoms with E-state index in [1.54, 1.807) is 6.07 Å². The van der Waals surface area contributed by atoms with Crippen LogP contribution in [0.1, 0.15) is 5.56 Å². The molecule has 0 saturated carbocycles. The minimum absolute atomic E-state index is 0.163. The van der Waals surface area contributed by atoms with Gasteiger partial charge in [-0.05, 0) is 48.5 Å². The van der Waals surface area contributed by atoms with Crippen LogP contribution in [0.15, 0.2) is 54.6 Å². The van der Waals surface area contributed by atoms with Crippen LogP contribution in [0.5, 0.6) is 5.75 Å². The number of halogens is 1. The molecule has 0 unspecified atom stereocenters. The Morgan fingerprint density at radius 2 is 1.77 bits per heavy atom. The molecule has 0 radical (unpaired) electrons. The number of rotatable bonds is 5. The topological polar surface area (TPSA) is 74.8 Å². The first-order chi connectivity index (χ1) is 14.5. The highest BCUT2D eigenvalue weighted by atomic mass is 35.5. The van der Waals surface area contributed by atoms with Crippen molar-refractivity contribution in [3.8, 4) is 17.0 Å². The molecule has 1 fully saturated rings. The molecule has 2 aromatic carbocycles. The number of phenols is 1. The maximum absolute atomic E-state index is 10.5. The zero-order valence-electron chi connectivity index (χ0n) is 16.9. The van der Waals surface area contributed by atoms with Gasteiger partial charge in [-0.15, -0.1) is 0 Å². The smallest absolute Gasteiger partial charge is 0.128 e. The van der Waals surface area contributed by atoms with Gasteiger partial charge in [0.05, 0.1) is 18.9 Å². The Kier molecular flexibility index (Phi) is 6.08. The summed E-state index contributed by atoms with van der Waals surface area (Å²) in [5.41, 5.74) is 10.4. The predicted octanol–water partition coefficient (Wildman–Crippen LogP) is 4.29. The van der Waals surface area contributed by atoms with E-state index in [-0.39, 0.29) is 5.75 Å². The van der Waals surface area contributed by atoms with Gasteiger partial charge in [-0.2, -0.15) is 0 Å². The molecule has 1 saturated heterocycles. The summed E-state index contributed by atoms with van der Waals surface area (Å²) in [6.45, 7) is 4.01. The number of aromatic hydroxyl groups is 1. The second kappa shape index (κ2) is 8.92. The molecule has 3 N–H and O–H groups in total. The van der Waals surface area contributed by atoms with Crippen molar-refractivity contribution < 1.29 is 9.84 Å². The Bertz CT molecular complexity index is 1020. The molecule has 3 aromatic rings. The second-order valence-electron chi connectivity index (χ2n) is 7.37. The van der Waals surface area contributed by atoms with Gasteiger partial charge in [0.1, 0.15) is 11.6 Å². The summed E-state index contributed by atoms with van der Waals surface area (Å²) < 4.78 is 5.40. The zero-order chi connectivity index (χ0) is 21.1. The van der Waals surface area contributed by atoms with Gasteiger partial charge in [0.15, 0.2) is 0 Å². The Balaban J connectivity index is 1.59. The fraction of sp³-hybridized carbons (Fsp3) is 0.261. The standard InChI is InChI=1S/C23H25ClN4O2/c1-27(18-5-3-17(24)4-6-18)19-7-9-22(29)20(14-19)21-8-2-16(23(25)26-21)15-28-10-12-30-13-11-28/h2-9,14,29H,10-13,15H2,1H3,(H2,25,26). The summed E-state index contributed by atoms with van der Waals surface area (Å²) in [6, 6.07) is 17.0. The fourth-order valence-electron chi connectivity index (χ4n) is 3.54. The van der Waals surface area contributed by atoms with Crippen LogP contribution < -0.4 is 10.6 Å². The lowest BCUT2D eigenvalue weighted by molar-refractivity contribution is 0.0342. The zero-order valence-corrected chi connectivity index (χ0v) is 17.6. The fourth-order valence-corrected chi connectivity index (χ4v) is 3.67. The maximum atomic E-state index is 10.5. The molecule has 2 heterocycles. The summed E-state index contributed by atoms with van der Waals surface area (Å²) in [7, 11) is 1.96. The third-order valence-corrected chi connectivity index (χ3v) is 5.62. The van der Waals surface area contributed by atoms with Crippen LogP contribution in [0.3, 0.4) is 0 Å². The summed E-state index contributed by atoms with van der Waals surface area (Å²) in [5.74, 6) is 0.644. The average molecular weight is 425 g/mol. The highest BCUT2D eigenvalue weighted by molar-refractivity contribution is 6.30. The lowest BCUT2D eigenvalue weighted by Gasteiger charge is -2.27. The first-order valence-corrected chi connectivity index (χ1v) is 10.3. The van der Waals surface area contributed by atoms with Crippen molar-refractivity contribution in [2.45, 2.75) is 6.54 Å². The van der Waals surface area contributed by atoms with Gasteiger partial charge >= 0.3 is 0 Å². The molecule has 6 nitrogen and oxygen atoms in total. The molecule has 4 rings (SSSR count). The van der Waals surface area contributed by atoms with Crippen LogP contribution in [-0.4, -0.2) is 48.3 Å². The molecule has 156 valence electrons. The summed E-state index contributed by atoms with van der Waals surface area (Å²) >= 11 is 6.00. The van der Waals surface area contributed by atoms with E-state index in [1.165, 1.54) is 0 Å². The van der Waals surface area contributed by atoms with E-state index in [9.17, 15) is 5.11 Å². The van der Waals surface area contributed by atoms with Gasteiger partial charge in [0, 0.05) is 54.2 Å². The maximum Gasteiger partial charge on any atom is 0.128 e. The summed E-state index contributed by atoms with van der Waals surface area (Å²) in [4.78, 5) is 8.90. The van der Waals surface area contributed by atoms with Crippen molar-refractivity contribution in [2.24, 2.45) is 0 Å². The Morgan fingerprint density at radius 3 is 2.47 bits per heavy atom.